The van der Waals surface area contributed by atoms with Gasteiger partial charge in [0, 0.05) is 17.8 Å². The lowest BCUT2D eigenvalue weighted by Crippen LogP contribution is -2.39. The molecule has 0 fully saturated rings. The summed E-state index contributed by atoms with van der Waals surface area (Å²) in [6.07, 6.45) is 0.909. The molecule has 28 heavy (non-hydrogen) atoms. The maximum atomic E-state index is 13.8. The average Bonchev–Trinajstić information content (AvgIpc) is 2.66. The highest BCUT2D eigenvalue weighted by atomic mass is 19.1. The summed E-state index contributed by atoms with van der Waals surface area (Å²) in [4.78, 5) is 49.6. The number of anilines is 1. The quantitative estimate of drug-likeness (QED) is 0.513. The number of H-pyrrole nitrogens is 1. The highest BCUT2D eigenvalue weighted by molar-refractivity contribution is 6.04. The van der Waals surface area contributed by atoms with E-state index >= 15 is 0 Å². The summed E-state index contributed by atoms with van der Waals surface area (Å²) < 4.78 is 14.5. The lowest BCUT2D eigenvalue weighted by Gasteiger charge is -2.09. The van der Waals surface area contributed by atoms with E-state index in [2.05, 4.69) is 10.3 Å². The molecule has 0 aliphatic rings. The molecule has 0 saturated heterocycles. The number of halogens is 1. The number of nitro benzene ring substituents is 1. The first-order valence-corrected chi connectivity index (χ1v) is 7.99. The van der Waals surface area contributed by atoms with Crippen LogP contribution in [-0.2, 0) is 6.54 Å². The molecule has 2 N–H and O–H groups in total. The SMILES string of the molecule is O=C(Nc1ccccc1[N+](=O)[O-])c1c[nH]c(=O)n(Cc2ccccc2F)c1=O. The van der Waals surface area contributed by atoms with E-state index in [1.807, 2.05) is 0 Å². The minimum absolute atomic E-state index is 0.0892. The number of aromatic amines is 1. The number of amides is 1. The Bertz CT molecular complexity index is 1180. The van der Waals surface area contributed by atoms with Gasteiger partial charge < -0.3 is 10.3 Å². The van der Waals surface area contributed by atoms with Crippen molar-refractivity contribution in [3.63, 3.8) is 0 Å². The number of carbonyl (C=O) groups excluding carboxylic acids is 1. The summed E-state index contributed by atoms with van der Waals surface area (Å²) in [6.45, 7) is -0.382. The molecule has 142 valence electrons. The van der Waals surface area contributed by atoms with Crippen LogP contribution in [0.3, 0.4) is 0 Å². The number of hydrogen-bond acceptors (Lipinski definition) is 5. The van der Waals surface area contributed by atoms with Crippen molar-refractivity contribution in [1.82, 2.24) is 9.55 Å². The van der Waals surface area contributed by atoms with Crippen molar-refractivity contribution >= 4 is 17.3 Å². The minimum atomic E-state index is -0.955. The van der Waals surface area contributed by atoms with Gasteiger partial charge in [-0.05, 0) is 12.1 Å². The molecule has 2 aromatic carbocycles. The van der Waals surface area contributed by atoms with E-state index in [0.29, 0.717) is 4.57 Å². The summed E-state index contributed by atoms with van der Waals surface area (Å²) >= 11 is 0. The zero-order chi connectivity index (χ0) is 20.3. The number of para-hydroxylation sites is 2. The Morgan fingerprint density at radius 1 is 1.14 bits per heavy atom. The third-order valence-electron chi connectivity index (χ3n) is 3.94. The van der Waals surface area contributed by atoms with Gasteiger partial charge in [-0.1, -0.05) is 30.3 Å². The van der Waals surface area contributed by atoms with Crippen molar-refractivity contribution < 1.29 is 14.1 Å². The molecule has 0 unspecified atom stereocenters. The van der Waals surface area contributed by atoms with Gasteiger partial charge >= 0.3 is 5.69 Å². The van der Waals surface area contributed by atoms with Crippen LogP contribution in [0.4, 0.5) is 15.8 Å². The molecule has 0 aliphatic carbocycles. The monoisotopic (exact) mass is 384 g/mol. The fraction of sp³-hybridized carbons (Fsp3) is 0.0556. The van der Waals surface area contributed by atoms with E-state index in [9.17, 15) is 28.9 Å². The Balaban J connectivity index is 1.97. The van der Waals surface area contributed by atoms with Crippen molar-refractivity contribution in [3.05, 3.63) is 103 Å². The molecule has 3 aromatic rings. The van der Waals surface area contributed by atoms with Gasteiger partial charge in [0.1, 0.15) is 17.1 Å². The zero-order valence-corrected chi connectivity index (χ0v) is 14.2. The fourth-order valence-electron chi connectivity index (χ4n) is 2.54. The summed E-state index contributed by atoms with van der Waals surface area (Å²) in [5.41, 5.74) is -2.60. The predicted octanol–water partition coefficient (Wildman–Crippen LogP) is 1.88. The number of nitro groups is 1. The molecular weight excluding hydrogens is 371 g/mol. The van der Waals surface area contributed by atoms with Gasteiger partial charge in [0.2, 0.25) is 0 Å². The maximum absolute atomic E-state index is 13.8. The van der Waals surface area contributed by atoms with E-state index in [-0.39, 0.29) is 23.5 Å². The second-order valence-electron chi connectivity index (χ2n) is 5.72. The first-order valence-electron chi connectivity index (χ1n) is 7.99. The molecule has 0 saturated carbocycles. The van der Waals surface area contributed by atoms with E-state index < -0.39 is 33.5 Å². The van der Waals surface area contributed by atoms with Gasteiger partial charge in [-0.3, -0.25) is 24.3 Å². The Morgan fingerprint density at radius 2 is 1.82 bits per heavy atom. The molecule has 0 aliphatic heterocycles. The molecule has 9 nitrogen and oxygen atoms in total. The predicted molar refractivity (Wildman–Crippen MR) is 97.9 cm³/mol. The standard InChI is InChI=1S/C18H13FN4O5/c19-13-6-2-1-5-11(13)10-22-17(25)12(9-20-18(22)26)16(24)21-14-7-3-4-8-15(14)23(27)28/h1-9H,10H2,(H,20,26)(H,21,24). The van der Waals surface area contributed by atoms with Crippen molar-refractivity contribution in [2.75, 3.05) is 5.32 Å². The largest absolute Gasteiger partial charge is 0.328 e. The lowest BCUT2D eigenvalue weighted by atomic mass is 10.2. The molecule has 1 aromatic heterocycles. The molecule has 0 atom stereocenters. The van der Waals surface area contributed by atoms with Crippen LogP contribution in [0.1, 0.15) is 15.9 Å². The minimum Gasteiger partial charge on any atom is -0.316 e. The summed E-state index contributed by atoms with van der Waals surface area (Å²) in [7, 11) is 0. The van der Waals surface area contributed by atoms with Crippen LogP contribution >= 0.6 is 0 Å². The first-order chi connectivity index (χ1) is 13.4. The molecule has 0 radical (unpaired) electrons. The van der Waals surface area contributed by atoms with Crippen LogP contribution < -0.4 is 16.6 Å². The van der Waals surface area contributed by atoms with E-state index in [1.165, 1.54) is 42.5 Å². The average molecular weight is 384 g/mol. The van der Waals surface area contributed by atoms with Crippen molar-refractivity contribution in [2.45, 2.75) is 6.54 Å². The number of hydrogen-bond donors (Lipinski definition) is 2. The van der Waals surface area contributed by atoms with Gasteiger partial charge in [-0.15, -0.1) is 0 Å². The normalized spacial score (nSPS) is 10.5. The molecule has 0 bridgehead atoms. The topological polar surface area (TPSA) is 127 Å². The molecule has 10 heteroatoms. The molecule has 1 heterocycles. The summed E-state index contributed by atoms with van der Waals surface area (Å²) in [5.74, 6) is -1.55. The highest BCUT2D eigenvalue weighted by Gasteiger charge is 2.19. The first kappa shape index (κ1) is 18.7. The Kier molecular flexibility index (Phi) is 5.12. The van der Waals surface area contributed by atoms with E-state index in [4.69, 9.17) is 0 Å². The number of nitrogens with zero attached hydrogens (tertiary/aromatic N) is 2. The van der Waals surface area contributed by atoms with Crippen LogP contribution in [0.5, 0.6) is 0 Å². The molecular formula is C18H13FN4O5. The van der Waals surface area contributed by atoms with Crippen LogP contribution in [0, 0.1) is 15.9 Å². The van der Waals surface area contributed by atoms with Gasteiger partial charge in [-0.25, -0.2) is 9.18 Å². The number of benzene rings is 2. The highest BCUT2D eigenvalue weighted by Crippen LogP contribution is 2.23. The number of aromatic nitrogens is 2. The summed E-state index contributed by atoms with van der Waals surface area (Å²) in [6, 6.07) is 11.0. The van der Waals surface area contributed by atoms with Crippen LogP contribution in [0.25, 0.3) is 0 Å². The van der Waals surface area contributed by atoms with Crippen molar-refractivity contribution in [3.8, 4) is 0 Å². The Hall–Kier alpha value is -4.08. The Morgan fingerprint density at radius 3 is 2.54 bits per heavy atom. The van der Waals surface area contributed by atoms with Crippen LogP contribution in [0.2, 0.25) is 0 Å². The van der Waals surface area contributed by atoms with Gasteiger partial charge in [0.05, 0.1) is 11.5 Å². The van der Waals surface area contributed by atoms with Gasteiger partial charge in [0.15, 0.2) is 0 Å². The van der Waals surface area contributed by atoms with Crippen molar-refractivity contribution in [2.24, 2.45) is 0 Å². The van der Waals surface area contributed by atoms with Crippen LogP contribution in [-0.4, -0.2) is 20.4 Å². The smallest absolute Gasteiger partial charge is 0.316 e. The van der Waals surface area contributed by atoms with Crippen LogP contribution in [0.15, 0.2) is 64.3 Å². The number of rotatable bonds is 5. The number of nitrogens with one attached hydrogen (secondary N) is 2. The summed E-state index contributed by atoms with van der Waals surface area (Å²) in [5, 5.41) is 13.3. The lowest BCUT2D eigenvalue weighted by molar-refractivity contribution is -0.383. The van der Waals surface area contributed by atoms with E-state index in [1.54, 1.807) is 6.07 Å². The second kappa shape index (κ2) is 7.66. The van der Waals surface area contributed by atoms with E-state index in [0.717, 1.165) is 6.20 Å². The second-order valence-corrected chi connectivity index (χ2v) is 5.72. The molecule has 0 spiro atoms. The maximum Gasteiger partial charge on any atom is 0.328 e. The molecule has 3 rings (SSSR count). The van der Waals surface area contributed by atoms with Crippen molar-refractivity contribution in [1.29, 1.82) is 0 Å². The zero-order valence-electron chi connectivity index (χ0n) is 14.2. The van der Waals surface area contributed by atoms with Gasteiger partial charge in [0.25, 0.3) is 17.2 Å². The molecule has 1 amide bonds. The fourth-order valence-corrected chi connectivity index (χ4v) is 2.54. The third-order valence-corrected chi connectivity index (χ3v) is 3.94. The number of carbonyl (C=O) groups is 1. The van der Waals surface area contributed by atoms with Gasteiger partial charge in [-0.2, -0.15) is 0 Å². The third kappa shape index (κ3) is 3.70. The Labute approximate surface area is 156 Å².